The minimum Gasteiger partial charge on any atom is -0.466 e. The van der Waals surface area contributed by atoms with Gasteiger partial charge in [0.15, 0.2) is 5.13 Å². The number of esters is 1. The van der Waals surface area contributed by atoms with Gasteiger partial charge < -0.3 is 4.74 Å². The van der Waals surface area contributed by atoms with Crippen LogP contribution in [0.25, 0.3) is 0 Å². The molecule has 0 aliphatic rings. The van der Waals surface area contributed by atoms with Gasteiger partial charge in [0.1, 0.15) is 4.90 Å². The van der Waals surface area contributed by atoms with E-state index >= 15 is 0 Å². The number of anilines is 1. The number of aromatic nitrogens is 1. The van der Waals surface area contributed by atoms with Gasteiger partial charge in [-0.3, -0.25) is 9.52 Å². The summed E-state index contributed by atoms with van der Waals surface area (Å²) in [6.07, 6.45) is 1.40. The summed E-state index contributed by atoms with van der Waals surface area (Å²) >= 11 is 18.6. The van der Waals surface area contributed by atoms with Gasteiger partial charge in [0, 0.05) is 16.1 Å². The molecule has 0 amide bonds. The molecule has 1 aromatic carbocycles. The molecular formula is C13H11Cl3N2O4S2. The number of nitrogens with one attached hydrogen (secondary N) is 1. The predicted octanol–water partition coefficient (Wildman–Crippen LogP) is 4.01. The van der Waals surface area contributed by atoms with Crippen LogP contribution in [0.5, 0.6) is 0 Å². The van der Waals surface area contributed by atoms with Crippen molar-refractivity contribution in [3.05, 3.63) is 38.3 Å². The molecule has 0 spiro atoms. The van der Waals surface area contributed by atoms with Crippen molar-refractivity contribution in [2.75, 3.05) is 11.3 Å². The van der Waals surface area contributed by atoms with E-state index in [0.717, 1.165) is 11.3 Å². The van der Waals surface area contributed by atoms with Crippen molar-refractivity contribution in [2.24, 2.45) is 0 Å². The smallest absolute Gasteiger partial charge is 0.311 e. The van der Waals surface area contributed by atoms with Crippen molar-refractivity contribution in [1.82, 2.24) is 4.98 Å². The van der Waals surface area contributed by atoms with Crippen LogP contribution in [0.2, 0.25) is 15.1 Å². The molecule has 0 fully saturated rings. The second-order valence-electron chi connectivity index (χ2n) is 4.42. The Morgan fingerprint density at radius 3 is 2.50 bits per heavy atom. The first-order chi connectivity index (χ1) is 11.2. The molecule has 0 aliphatic carbocycles. The summed E-state index contributed by atoms with van der Waals surface area (Å²) in [5.74, 6) is -0.417. The molecular weight excluding hydrogens is 419 g/mol. The number of thiazole rings is 1. The molecule has 130 valence electrons. The Balaban J connectivity index is 2.22. The Morgan fingerprint density at radius 2 is 1.92 bits per heavy atom. The van der Waals surface area contributed by atoms with E-state index in [1.54, 1.807) is 6.92 Å². The Labute approximate surface area is 157 Å². The Morgan fingerprint density at radius 1 is 1.29 bits per heavy atom. The maximum Gasteiger partial charge on any atom is 0.311 e. The van der Waals surface area contributed by atoms with E-state index in [4.69, 9.17) is 39.5 Å². The molecule has 11 heteroatoms. The summed E-state index contributed by atoms with van der Waals surface area (Å²) in [4.78, 5) is 15.6. The molecule has 0 unspecified atom stereocenters. The van der Waals surface area contributed by atoms with Gasteiger partial charge in [0.25, 0.3) is 10.0 Å². The average Bonchev–Trinajstić information content (AvgIpc) is 2.83. The fourth-order valence-corrected chi connectivity index (χ4v) is 5.33. The summed E-state index contributed by atoms with van der Waals surface area (Å²) in [7, 11) is -4.06. The molecule has 1 aromatic heterocycles. The third-order valence-corrected chi connectivity index (χ3v) is 6.15. The van der Waals surface area contributed by atoms with Crippen LogP contribution in [0.15, 0.2) is 23.2 Å². The zero-order valence-electron chi connectivity index (χ0n) is 12.2. The second kappa shape index (κ2) is 7.88. The normalized spacial score (nSPS) is 11.3. The first kappa shape index (κ1) is 19.3. The van der Waals surface area contributed by atoms with Crippen molar-refractivity contribution in [2.45, 2.75) is 18.2 Å². The van der Waals surface area contributed by atoms with E-state index in [9.17, 15) is 13.2 Å². The molecule has 1 heterocycles. The van der Waals surface area contributed by atoms with Gasteiger partial charge in [-0.05, 0) is 19.1 Å². The van der Waals surface area contributed by atoms with Crippen molar-refractivity contribution < 1.29 is 17.9 Å². The topological polar surface area (TPSA) is 85.4 Å². The minimum absolute atomic E-state index is 0.00961. The maximum absolute atomic E-state index is 12.4. The second-order valence-corrected chi connectivity index (χ2v) is 8.40. The monoisotopic (exact) mass is 428 g/mol. The Hall–Kier alpha value is -1.06. The van der Waals surface area contributed by atoms with Crippen molar-refractivity contribution in [3.63, 3.8) is 0 Å². The Bertz CT molecular complexity index is 845. The minimum atomic E-state index is -4.06. The van der Waals surface area contributed by atoms with Gasteiger partial charge in [0.2, 0.25) is 0 Å². The highest BCUT2D eigenvalue weighted by Gasteiger charge is 2.24. The molecule has 2 rings (SSSR count). The maximum atomic E-state index is 12.4. The van der Waals surface area contributed by atoms with Crippen LogP contribution in [0.3, 0.4) is 0 Å². The third kappa shape index (κ3) is 4.73. The number of sulfonamides is 1. The molecule has 0 aliphatic heterocycles. The largest absolute Gasteiger partial charge is 0.466 e. The highest BCUT2D eigenvalue weighted by atomic mass is 35.5. The number of carbonyl (C=O) groups is 1. The number of halogens is 3. The van der Waals surface area contributed by atoms with Crippen molar-refractivity contribution >= 4 is 67.3 Å². The fourth-order valence-electron chi connectivity index (χ4n) is 1.74. The summed E-state index contributed by atoms with van der Waals surface area (Å²) in [6.45, 7) is 1.97. The van der Waals surface area contributed by atoms with E-state index in [2.05, 4.69) is 9.71 Å². The van der Waals surface area contributed by atoms with Gasteiger partial charge in [-0.1, -0.05) is 34.8 Å². The summed E-state index contributed by atoms with van der Waals surface area (Å²) in [5.41, 5.74) is 0. The van der Waals surface area contributed by atoms with E-state index in [-0.39, 0.29) is 38.1 Å². The van der Waals surface area contributed by atoms with Crippen molar-refractivity contribution in [3.8, 4) is 0 Å². The first-order valence-electron chi connectivity index (χ1n) is 6.50. The molecule has 0 saturated carbocycles. The first-order valence-corrected chi connectivity index (χ1v) is 9.94. The molecule has 0 bridgehead atoms. The highest BCUT2D eigenvalue weighted by Crippen LogP contribution is 2.34. The fraction of sp³-hybridized carbons (Fsp3) is 0.231. The lowest BCUT2D eigenvalue weighted by molar-refractivity contribution is -0.142. The molecule has 2 aromatic rings. The highest BCUT2D eigenvalue weighted by molar-refractivity contribution is 7.93. The van der Waals surface area contributed by atoms with Crippen molar-refractivity contribution in [1.29, 1.82) is 0 Å². The van der Waals surface area contributed by atoms with Gasteiger partial charge in [0.05, 0.1) is 23.1 Å². The number of carbonyl (C=O) groups excluding carboxylic acids is 1. The summed E-state index contributed by atoms with van der Waals surface area (Å²) in [6, 6.07) is 2.55. The summed E-state index contributed by atoms with van der Waals surface area (Å²) in [5, 5.41) is 0.0814. The van der Waals surface area contributed by atoms with Gasteiger partial charge in [-0.25, -0.2) is 13.4 Å². The van der Waals surface area contributed by atoms with Gasteiger partial charge in [-0.15, -0.1) is 11.3 Å². The van der Waals surface area contributed by atoms with E-state index in [1.165, 1.54) is 18.3 Å². The number of ether oxygens (including phenoxy) is 1. The van der Waals surface area contributed by atoms with Crippen LogP contribution < -0.4 is 4.72 Å². The quantitative estimate of drug-likeness (QED) is 0.701. The van der Waals surface area contributed by atoms with Gasteiger partial charge in [-0.2, -0.15) is 0 Å². The summed E-state index contributed by atoms with van der Waals surface area (Å²) < 4.78 is 32.0. The van der Waals surface area contributed by atoms with Crippen LogP contribution in [0, 0.1) is 0 Å². The zero-order chi connectivity index (χ0) is 17.9. The Kier molecular flexibility index (Phi) is 6.33. The molecule has 6 nitrogen and oxygen atoms in total. The van der Waals surface area contributed by atoms with Crippen LogP contribution >= 0.6 is 46.1 Å². The number of nitrogens with zero attached hydrogens (tertiary/aromatic N) is 1. The van der Waals surface area contributed by atoms with E-state index in [0.29, 0.717) is 4.88 Å². The number of benzene rings is 1. The van der Waals surface area contributed by atoms with Gasteiger partial charge >= 0.3 is 5.97 Å². The van der Waals surface area contributed by atoms with Crippen LogP contribution in [0.4, 0.5) is 5.13 Å². The molecule has 1 N–H and O–H groups in total. The van der Waals surface area contributed by atoms with E-state index in [1.807, 2.05) is 0 Å². The average molecular weight is 430 g/mol. The lowest BCUT2D eigenvalue weighted by Gasteiger charge is -2.09. The van der Waals surface area contributed by atoms with E-state index < -0.39 is 16.0 Å². The molecule has 0 saturated heterocycles. The lowest BCUT2D eigenvalue weighted by Crippen LogP contribution is -2.14. The lowest BCUT2D eigenvalue weighted by atomic mass is 10.4. The zero-order valence-corrected chi connectivity index (χ0v) is 16.1. The number of hydrogen-bond acceptors (Lipinski definition) is 6. The molecule has 24 heavy (non-hydrogen) atoms. The van der Waals surface area contributed by atoms with Crippen LogP contribution in [0.1, 0.15) is 11.8 Å². The molecule has 0 atom stereocenters. The number of rotatable bonds is 6. The van der Waals surface area contributed by atoms with Crippen LogP contribution in [-0.4, -0.2) is 26.0 Å². The SMILES string of the molecule is CCOC(=O)Cc1cnc(NS(=O)(=O)c2c(Cl)cc(Cl)cc2Cl)s1. The predicted molar refractivity (Wildman–Crippen MR) is 94.7 cm³/mol. The molecule has 0 radical (unpaired) electrons. The van der Waals surface area contributed by atoms with Crippen LogP contribution in [-0.2, 0) is 26.0 Å². The third-order valence-electron chi connectivity index (χ3n) is 2.63. The number of hydrogen-bond donors (Lipinski definition) is 1. The standard InChI is InChI=1S/C13H11Cl3N2O4S2/c1-2-22-11(19)5-8-6-17-13(23-8)18-24(20,21)12-9(15)3-7(14)4-10(12)16/h3-4,6H,2,5H2,1H3,(H,17,18).